The minimum atomic E-state index is -1.10. The summed E-state index contributed by atoms with van der Waals surface area (Å²) in [6, 6.07) is 17.7. The van der Waals surface area contributed by atoms with Gasteiger partial charge in [-0.25, -0.2) is 14.4 Å². The van der Waals surface area contributed by atoms with Gasteiger partial charge in [0.25, 0.3) is 0 Å². The second kappa shape index (κ2) is 12.8. The highest BCUT2D eigenvalue weighted by atomic mass is 16.7. The Kier molecular flexibility index (Phi) is 9.83. The maximum Gasteiger partial charge on any atom is 0.508 e. The normalized spacial score (nSPS) is 12.1. The lowest BCUT2D eigenvalue weighted by atomic mass is 9.99. The number of benzene rings is 2. The highest BCUT2D eigenvalue weighted by Gasteiger charge is 2.36. The summed E-state index contributed by atoms with van der Waals surface area (Å²) in [6.45, 7) is -0.129. The van der Waals surface area contributed by atoms with Crippen LogP contribution in [0.3, 0.4) is 0 Å². The molecule has 172 valence electrons. The van der Waals surface area contributed by atoms with Crippen LogP contribution in [0.1, 0.15) is 17.2 Å². The Hall–Kier alpha value is -3.75. The maximum absolute atomic E-state index is 12.8. The molecule has 2 atom stereocenters. The molecular weight excluding hydrogens is 418 g/mol. The zero-order valence-corrected chi connectivity index (χ0v) is 18.3. The number of carbonyl (C=O) groups is 3. The number of amides is 1. The Labute approximate surface area is 186 Å². The molecule has 9 nitrogen and oxygen atoms in total. The molecule has 32 heavy (non-hydrogen) atoms. The van der Waals surface area contributed by atoms with E-state index in [4.69, 9.17) is 14.2 Å². The van der Waals surface area contributed by atoms with Crippen LogP contribution in [0, 0.1) is 0 Å². The molecule has 0 saturated carbocycles. The van der Waals surface area contributed by atoms with Gasteiger partial charge in [-0.05, 0) is 17.5 Å². The molecule has 0 spiro atoms. The summed E-state index contributed by atoms with van der Waals surface area (Å²) in [6.07, 6.45) is -3.16. The van der Waals surface area contributed by atoms with Crippen LogP contribution < -0.4 is 0 Å². The third-order valence-corrected chi connectivity index (χ3v) is 4.67. The van der Waals surface area contributed by atoms with Crippen LogP contribution in [0.4, 0.5) is 14.4 Å². The highest BCUT2D eigenvalue weighted by molar-refractivity contribution is 5.68. The number of ether oxygens (including phenoxy) is 5. The van der Waals surface area contributed by atoms with Gasteiger partial charge in [0.05, 0.1) is 21.3 Å². The van der Waals surface area contributed by atoms with Gasteiger partial charge in [-0.1, -0.05) is 60.7 Å². The van der Waals surface area contributed by atoms with Crippen LogP contribution >= 0.6 is 0 Å². The van der Waals surface area contributed by atoms with Gasteiger partial charge in [-0.15, -0.1) is 0 Å². The molecule has 0 aliphatic carbocycles. The summed E-state index contributed by atoms with van der Waals surface area (Å²) in [5.74, 6) is 0. The van der Waals surface area contributed by atoms with E-state index in [1.807, 2.05) is 36.4 Å². The van der Waals surface area contributed by atoms with E-state index in [1.54, 1.807) is 24.3 Å². The van der Waals surface area contributed by atoms with Crippen LogP contribution in [0.25, 0.3) is 0 Å². The van der Waals surface area contributed by atoms with Crippen molar-refractivity contribution in [2.75, 3.05) is 34.5 Å². The average molecular weight is 445 g/mol. The third-order valence-electron chi connectivity index (χ3n) is 4.67. The van der Waals surface area contributed by atoms with Gasteiger partial charge in [0.15, 0.2) is 6.10 Å². The van der Waals surface area contributed by atoms with Crippen LogP contribution in [0.5, 0.6) is 0 Å². The van der Waals surface area contributed by atoms with Crippen molar-refractivity contribution in [1.82, 2.24) is 4.90 Å². The number of hydrogen-bond donors (Lipinski definition) is 0. The standard InChI is InChI=1S/C23H27NO8/c1-28-21(25)24(15-14-17-10-6-4-7-11-17)20(18-12-8-5-9-13-18)19(32-23(27)30-3)16-31-22(26)29-2/h4-13,19-20H,14-16H2,1-3H3/t19-,20+/m0/s1. The average Bonchev–Trinajstić information content (AvgIpc) is 2.84. The van der Waals surface area contributed by atoms with Crippen molar-refractivity contribution < 1.29 is 38.1 Å². The molecular formula is C23H27NO8. The van der Waals surface area contributed by atoms with E-state index in [0.29, 0.717) is 12.0 Å². The van der Waals surface area contributed by atoms with Gasteiger partial charge in [-0.2, -0.15) is 0 Å². The fourth-order valence-electron chi connectivity index (χ4n) is 3.17. The molecule has 0 aliphatic heterocycles. The van der Waals surface area contributed by atoms with Crippen molar-refractivity contribution in [3.05, 3.63) is 71.8 Å². The Bertz CT molecular complexity index is 859. The summed E-state index contributed by atoms with van der Waals surface area (Å²) < 4.78 is 24.6. The van der Waals surface area contributed by atoms with Crippen LogP contribution in [0.15, 0.2) is 60.7 Å². The van der Waals surface area contributed by atoms with E-state index < -0.39 is 30.5 Å². The van der Waals surface area contributed by atoms with Crippen molar-refractivity contribution in [2.45, 2.75) is 18.6 Å². The van der Waals surface area contributed by atoms with Crippen LogP contribution in [0.2, 0.25) is 0 Å². The summed E-state index contributed by atoms with van der Waals surface area (Å²) >= 11 is 0. The highest BCUT2D eigenvalue weighted by Crippen LogP contribution is 2.28. The largest absolute Gasteiger partial charge is 0.508 e. The molecule has 0 aliphatic rings. The molecule has 0 bridgehead atoms. The van der Waals surface area contributed by atoms with Crippen molar-refractivity contribution in [2.24, 2.45) is 0 Å². The van der Waals surface area contributed by atoms with Crippen LogP contribution in [-0.4, -0.2) is 63.9 Å². The summed E-state index contributed by atoms with van der Waals surface area (Å²) in [7, 11) is 3.58. The monoisotopic (exact) mass is 445 g/mol. The zero-order chi connectivity index (χ0) is 23.3. The number of nitrogens with zero attached hydrogens (tertiary/aromatic N) is 1. The van der Waals surface area contributed by atoms with Crippen molar-refractivity contribution in [3.63, 3.8) is 0 Å². The first kappa shape index (κ1) is 24.5. The van der Waals surface area contributed by atoms with Gasteiger partial charge < -0.3 is 23.7 Å². The van der Waals surface area contributed by atoms with Gasteiger partial charge in [0.1, 0.15) is 12.6 Å². The second-order valence-corrected chi connectivity index (χ2v) is 6.63. The molecule has 2 aromatic carbocycles. The van der Waals surface area contributed by atoms with E-state index >= 15 is 0 Å². The lowest BCUT2D eigenvalue weighted by Gasteiger charge is -2.35. The SMILES string of the molecule is COC(=O)OC[C@H](OC(=O)OC)[C@@H](c1ccccc1)N(CCc1ccccc1)C(=O)OC. The maximum atomic E-state index is 12.8. The molecule has 0 heterocycles. The van der Waals surface area contributed by atoms with E-state index in [-0.39, 0.29) is 13.2 Å². The summed E-state index contributed by atoms with van der Waals surface area (Å²) in [5, 5.41) is 0. The molecule has 0 N–H and O–H groups in total. The molecule has 9 heteroatoms. The van der Waals surface area contributed by atoms with Crippen molar-refractivity contribution >= 4 is 18.4 Å². The lowest BCUT2D eigenvalue weighted by molar-refractivity contribution is -0.0412. The van der Waals surface area contributed by atoms with Crippen molar-refractivity contribution in [3.8, 4) is 0 Å². The minimum absolute atomic E-state index is 0.246. The smallest absolute Gasteiger partial charge is 0.453 e. The molecule has 0 radical (unpaired) electrons. The fourth-order valence-corrected chi connectivity index (χ4v) is 3.17. The van der Waals surface area contributed by atoms with Gasteiger partial charge in [-0.3, -0.25) is 4.90 Å². The first-order chi connectivity index (χ1) is 15.5. The van der Waals surface area contributed by atoms with Gasteiger partial charge >= 0.3 is 18.4 Å². The topological polar surface area (TPSA) is 101 Å². The molecule has 0 saturated heterocycles. The Morgan fingerprint density at radius 2 is 1.41 bits per heavy atom. The van der Waals surface area contributed by atoms with Crippen molar-refractivity contribution in [1.29, 1.82) is 0 Å². The molecule has 0 unspecified atom stereocenters. The minimum Gasteiger partial charge on any atom is -0.453 e. The third kappa shape index (κ3) is 7.19. The molecule has 1 amide bonds. The molecule has 2 aromatic rings. The second-order valence-electron chi connectivity index (χ2n) is 6.63. The number of hydrogen-bond acceptors (Lipinski definition) is 8. The van der Waals surface area contributed by atoms with E-state index in [0.717, 1.165) is 19.8 Å². The van der Waals surface area contributed by atoms with Crippen LogP contribution in [-0.2, 0) is 30.1 Å². The molecule has 0 aromatic heterocycles. The van der Waals surface area contributed by atoms with E-state index in [1.165, 1.54) is 12.0 Å². The molecule has 0 fully saturated rings. The Morgan fingerprint density at radius 1 is 0.812 bits per heavy atom. The fraction of sp³-hybridized carbons (Fsp3) is 0.348. The quantitative estimate of drug-likeness (QED) is 0.422. The predicted octanol–water partition coefficient (Wildman–Crippen LogP) is 3.97. The van der Waals surface area contributed by atoms with Gasteiger partial charge in [0.2, 0.25) is 0 Å². The first-order valence-electron chi connectivity index (χ1n) is 9.89. The van der Waals surface area contributed by atoms with E-state index in [2.05, 4.69) is 9.47 Å². The summed E-state index contributed by atoms with van der Waals surface area (Å²) in [4.78, 5) is 37.8. The Balaban J connectivity index is 2.43. The zero-order valence-electron chi connectivity index (χ0n) is 18.3. The summed E-state index contributed by atoms with van der Waals surface area (Å²) in [5.41, 5.74) is 1.65. The Morgan fingerprint density at radius 3 is 1.97 bits per heavy atom. The number of carbonyl (C=O) groups excluding carboxylic acids is 3. The van der Waals surface area contributed by atoms with Gasteiger partial charge in [0, 0.05) is 6.54 Å². The lowest BCUT2D eigenvalue weighted by Crippen LogP contribution is -2.45. The number of methoxy groups -OCH3 is 3. The first-order valence-corrected chi connectivity index (χ1v) is 9.89. The predicted molar refractivity (Wildman–Crippen MR) is 114 cm³/mol. The number of rotatable bonds is 9. The van der Waals surface area contributed by atoms with E-state index in [9.17, 15) is 14.4 Å². The molecule has 2 rings (SSSR count).